The first kappa shape index (κ1) is 25.0. The molecule has 8 nitrogen and oxygen atoms in total. The van der Waals surface area contributed by atoms with E-state index in [4.69, 9.17) is 27.1 Å². The van der Waals surface area contributed by atoms with Crippen molar-refractivity contribution in [3.8, 4) is 11.3 Å². The molecule has 2 aromatic heterocycles. The van der Waals surface area contributed by atoms with Crippen molar-refractivity contribution in [2.24, 2.45) is 5.73 Å². The van der Waals surface area contributed by atoms with E-state index in [1.807, 2.05) is 25.3 Å². The summed E-state index contributed by atoms with van der Waals surface area (Å²) in [6, 6.07) is 6.17. The number of rotatable bonds is 10. The molecule has 3 N–H and O–H groups in total. The van der Waals surface area contributed by atoms with Crippen LogP contribution in [0.2, 0.25) is 5.02 Å². The molecule has 1 aromatic carbocycles. The molecule has 4 rings (SSSR count). The Morgan fingerprint density at radius 3 is 2.77 bits per heavy atom. The summed E-state index contributed by atoms with van der Waals surface area (Å²) in [6.45, 7) is 9.57. The topological polar surface area (TPSA) is 102 Å². The molecule has 0 saturated carbocycles. The van der Waals surface area contributed by atoms with Gasteiger partial charge in [-0.25, -0.2) is 9.97 Å². The minimum Gasteiger partial charge on any atom is -0.380 e. The Morgan fingerprint density at radius 1 is 1.17 bits per heavy atom. The highest BCUT2D eigenvalue weighted by Gasteiger charge is 2.28. The number of hydrogen-bond acceptors (Lipinski definition) is 8. The quantitative estimate of drug-likeness (QED) is 0.399. The number of nitrogens with one attached hydrogen (secondary N) is 1. The van der Waals surface area contributed by atoms with E-state index >= 15 is 0 Å². The van der Waals surface area contributed by atoms with Gasteiger partial charge in [0.2, 0.25) is 5.95 Å². The van der Waals surface area contributed by atoms with E-state index in [9.17, 15) is 0 Å². The number of ether oxygens (including phenoxy) is 1. The van der Waals surface area contributed by atoms with E-state index in [0.29, 0.717) is 30.7 Å². The second-order valence-corrected chi connectivity index (χ2v) is 8.86. The molecule has 0 fully saturated rings. The summed E-state index contributed by atoms with van der Waals surface area (Å²) in [5.41, 5.74) is 11.2. The van der Waals surface area contributed by atoms with Gasteiger partial charge in [0.25, 0.3) is 0 Å². The van der Waals surface area contributed by atoms with E-state index in [1.54, 1.807) is 12.4 Å². The van der Waals surface area contributed by atoms with Crippen LogP contribution >= 0.6 is 11.6 Å². The molecule has 3 aromatic rings. The number of fused-ring (bicyclic) bond motifs is 1. The van der Waals surface area contributed by atoms with Crippen LogP contribution < -0.4 is 16.0 Å². The molecule has 1 unspecified atom stereocenters. The van der Waals surface area contributed by atoms with Crippen molar-refractivity contribution in [1.29, 1.82) is 0 Å². The van der Waals surface area contributed by atoms with E-state index in [0.717, 1.165) is 59.0 Å². The molecule has 1 aliphatic heterocycles. The number of anilines is 2. The highest BCUT2D eigenvalue weighted by molar-refractivity contribution is 6.33. The van der Waals surface area contributed by atoms with Crippen molar-refractivity contribution in [3.05, 3.63) is 58.6 Å². The van der Waals surface area contributed by atoms with Crippen LogP contribution in [0.1, 0.15) is 37.1 Å². The molecule has 3 heterocycles. The molecule has 0 radical (unpaired) electrons. The Bertz CT molecular complexity index is 1200. The largest absolute Gasteiger partial charge is 0.380 e. The summed E-state index contributed by atoms with van der Waals surface area (Å²) in [7, 11) is 0. The summed E-state index contributed by atoms with van der Waals surface area (Å²) < 4.78 is 5.42. The fourth-order valence-corrected chi connectivity index (χ4v) is 4.53. The summed E-state index contributed by atoms with van der Waals surface area (Å²) in [5, 5.41) is 3.98. The van der Waals surface area contributed by atoms with Crippen LogP contribution in [0.5, 0.6) is 0 Å². The second-order valence-electron chi connectivity index (χ2n) is 8.46. The molecule has 35 heavy (non-hydrogen) atoms. The van der Waals surface area contributed by atoms with Gasteiger partial charge in [-0.05, 0) is 50.5 Å². The lowest BCUT2D eigenvalue weighted by molar-refractivity contribution is 0.141. The standard InChI is InChI=1S/C26H32ClN7O/c1-4-34-18(3)22(21-7-6-19(13-23(21)27)24-16-29-14-17(2)32-24)12-20-15-31-26(33-25(20)34)30-9-5-10-35-11-8-28/h6-7,12-16,18H,4-5,8-11,28H2,1-3H3,(H,30,31,33). The maximum atomic E-state index is 6.80. The van der Waals surface area contributed by atoms with Crippen molar-refractivity contribution in [2.45, 2.75) is 33.2 Å². The summed E-state index contributed by atoms with van der Waals surface area (Å²) in [6.07, 6.45) is 8.37. The summed E-state index contributed by atoms with van der Waals surface area (Å²) in [4.78, 5) is 20.4. The summed E-state index contributed by atoms with van der Waals surface area (Å²) in [5.74, 6) is 1.54. The van der Waals surface area contributed by atoms with Crippen LogP contribution in [0.4, 0.5) is 11.8 Å². The van der Waals surface area contributed by atoms with Crippen molar-refractivity contribution in [2.75, 3.05) is 43.1 Å². The molecule has 0 spiro atoms. The first-order valence-corrected chi connectivity index (χ1v) is 12.4. The summed E-state index contributed by atoms with van der Waals surface area (Å²) >= 11 is 6.80. The van der Waals surface area contributed by atoms with Crippen molar-refractivity contribution < 1.29 is 4.74 Å². The third-order valence-electron chi connectivity index (χ3n) is 5.98. The minimum absolute atomic E-state index is 0.0991. The molecule has 0 aliphatic carbocycles. The number of hydrogen-bond donors (Lipinski definition) is 2. The Kier molecular flexibility index (Phi) is 8.28. The predicted octanol–water partition coefficient (Wildman–Crippen LogP) is 4.44. The van der Waals surface area contributed by atoms with Crippen LogP contribution in [-0.2, 0) is 4.74 Å². The molecule has 0 saturated heterocycles. The smallest absolute Gasteiger partial charge is 0.224 e. The third kappa shape index (κ3) is 5.78. The maximum Gasteiger partial charge on any atom is 0.224 e. The van der Waals surface area contributed by atoms with Gasteiger partial charge in [-0.1, -0.05) is 23.7 Å². The van der Waals surface area contributed by atoms with Gasteiger partial charge in [0.15, 0.2) is 0 Å². The van der Waals surface area contributed by atoms with Gasteiger partial charge in [0.05, 0.1) is 30.2 Å². The average Bonchev–Trinajstić information content (AvgIpc) is 2.86. The Balaban J connectivity index is 1.57. The number of nitrogens with two attached hydrogens (primary N) is 1. The fourth-order valence-electron chi connectivity index (χ4n) is 4.24. The first-order valence-electron chi connectivity index (χ1n) is 12.0. The Morgan fingerprint density at radius 2 is 2.03 bits per heavy atom. The molecule has 0 bridgehead atoms. The molecular formula is C26H32ClN7O. The fraction of sp³-hybridized carbons (Fsp3) is 0.385. The van der Waals surface area contributed by atoms with Crippen molar-refractivity contribution in [3.63, 3.8) is 0 Å². The van der Waals surface area contributed by atoms with Crippen LogP contribution in [-0.4, -0.2) is 58.8 Å². The van der Waals surface area contributed by atoms with Gasteiger partial charge >= 0.3 is 0 Å². The highest BCUT2D eigenvalue weighted by Crippen LogP contribution is 2.39. The molecule has 0 amide bonds. The first-order chi connectivity index (χ1) is 17.0. The van der Waals surface area contributed by atoms with Crippen LogP contribution in [0, 0.1) is 6.92 Å². The molecule has 1 atom stereocenters. The highest BCUT2D eigenvalue weighted by atomic mass is 35.5. The minimum atomic E-state index is 0.0991. The van der Waals surface area contributed by atoms with Crippen LogP contribution in [0.25, 0.3) is 22.9 Å². The Labute approximate surface area is 211 Å². The van der Waals surface area contributed by atoms with Gasteiger partial charge in [0.1, 0.15) is 5.82 Å². The number of likely N-dealkylation sites (N-methyl/N-ethyl adjacent to an activating group) is 1. The van der Waals surface area contributed by atoms with E-state index in [1.165, 1.54) is 0 Å². The number of benzene rings is 1. The number of aromatic nitrogens is 4. The average molecular weight is 494 g/mol. The lowest BCUT2D eigenvalue weighted by Gasteiger charge is -2.36. The number of nitrogens with zero attached hydrogens (tertiary/aromatic N) is 5. The molecule has 9 heteroatoms. The van der Waals surface area contributed by atoms with E-state index < -0.39 is 0 Å². The monoisotopic (exact) mass is 493 g/mol. The van der Waals surface area contributed by atoms with Gasteiger partial charge in [0, 0.05) is 54.8 Å². The second kappa shape index (κ2) is 11.6. The lowest BCUT2D eigenvalue weighted by Crippen LogP contribution is -2.37. The van der Waals surface area contributed by atoms with Gasteiger partial charge in [-0.3, -0.25) is 4.98 Å². The predicted molar refractivity (Wildman–Crippen MR) is 143 cm³/mol. The zero-order valence-electron chi connectivity index (χ0n) is 20.5. The maximum absolute atomic E-state index is 6.80. The van der Waals surface area contributed by atoms with Crippen molar-refractivity contribution >= 4 is 35.0 Å². The lowest BCUT2D eigenvalue weighted by atomic mass is 9.92. The van der Waals surface area contributed by atoms with Gasteiger partial charge in [-0.15, -0.1) is 0 Å². The molecule has 184 valence electrons. The molecule has 1 aliphatic rings. The SMILES string of the molecule is CCN1c2nc(NCCCOCCN)ncc2C=C(c2ccc(-c3cncc(C)n3)cc2Cl)C1C. The third-order valence-corrected chi connectivity index (χ3v) is 6.29. The number of halogens is 1. The zero-order chi connectivity index (χ0) is 24.8. The van der Waals surface area contributed by atoms with Crippen LogP contribution in [0.15, 0.2) is 36.8 Å². The van der Waals surface area contributed by atoms with Crippen molar-refractivity contribution in [1.82, 2.24) is 19.9 Å². The van der Waals surface area contributed by atoms with E-state index in [2.05, 4.69) is 51.2 Å². The van der Waals surface area contributed by atoms with E-state index in [-0.39, 0.29) is 6.04 Å². The zero-order valence-corrected chi connectivity index (χ0v) is 21.2. The van der Waals surface area contributed by atoms with Gasteiger partial charge in [-0.2, -0.15) is 4.98 Å². The Hall–Kier alpha value is -3.07. The number of aryl methyl sites for hydroxylation is 1. The van der Waals surface area contributed by atoms with Crippen LogP contribution in [0.3, 0.4) is 0 Å². The molecular weight excluding hydrogens is 462 g/mol. The normalized spacial score (nSPS) is 15.1. The van der Waals surface area contributed by atoms with Gasteiger partial charge < -0.3 is 20.7 Å².